The summed E-state index contributed by atoms with van der Waals surface area (Å²) in [6, 6.07) is 6.74. The van der Waals surface area contributed by atoms with Crippen molar-refractivity contribution in [3.63, 3.8) is 0 Å². The normalized spacial score (nSPS) is 16.5. The zero-order valence-electron chi connectivity index (χ0n) is 14.0. The smallest absolute Gasteiger partial charge is 0.246 e. The highest BCUT2D eigenvalue weighted by Gasteiger charge is 2.32. The summed E-state index contributed by atoms with van der Waals surface area (Å²) in [6.45, 7) is 3.04. The Labute approximate surface area is 147 Å². The van der Waals surface area contributed by atoms with Crippen molar-refractivity contribution in [2.75, 3.05) is 19.7 Å². The van der Waals surface area contributed by atoms with Crippen LogP contribution in [0.25, 0.3) is 0 Å². The number of aromatic nitrogens is 2. The quantitative estimate of drug-likeness (QED) is 0.782. The summed E-state index contributed by atoms with van der Waals surface area (Å²) < 4.78 is 38.6. The lowest BCUT2D eigenvalue weighted by Gasteiger charge is -2.31. The second kappa shape index (κ2) is 7.79. The zero-order valence-corrected chi connectivity index (χ0v) is 14.9. The Hall–Kier alpha value is -2.19. The van der Waals surface area contributed by atoms with E-state index in [1.807, 2.05) is 6.92 Å². The molecule has 1 fully saturated rings. The molecule has 25 heavy (non-hydrogen) atoms. The van der Waals surface area contributed by atoms with E-state index in [9.17, 15) is 8.42 Å². The number of ether oxygens (including phenoxy) is 2. The molecule has 7 nitrogen and oxygen atoms in total. The summed E-state index contributed by atoms with van der Waals surface area (Å²) in [6.07, 6.45) is 5.85. The number of rotatable bonds is 6. The number of para-hydroxylation sites is 1. The van der Waals surface area contributed by atoms with Gasteiger partial charge in [-0.3, -0.25) is 4.98 Å². The third-order valence-electron chi connectivity index (χ3n) is 3.99. The van der Waals surface area contributed by atoms with Gasteiger partial charge in [-0.2, -0.15) is 4.31 Å². The molecule has 0 saturated carbocycles. The molecule has 3 rings (SSSR count). The average Bonchev–Trinajstić information content (AvgIpc) is 2.64. The third kappa shape index (κ3) is 4.08. The molecule has 134 valence electrons. The first-order chi connectivity index (χ1) is 12.1. The van der Waals surface area contributed by atoms with Gasteiger partial charge in [-0.25, -0.2) is 13.4 Å². The molecule has 0 radical (unpaired) electrons. The van der Waals surface area contributed by atoms with Crippen LogP contribution in [0.3, 0.4) is 0 Å². The molecule has 1 saturated heterocycles. The maximum absolute atomic E-state index is 12.9. The maximum atomic E-state index is 12.9. The van der Waals surface area contributed by atoms with Gasteiger partial charge in [-0.15, -0.1) is 0 Å². The standard InChI is InChI=1S/C17H21N3O4S/c1-2-23-15-5-3-4-6-16(15)25(21,22)20-11-7-14(8-12-20)24-17-13-18-9-10-19-17/h3-6,9-10,13-14H,2,7-8,11-12H2,1H3. The van der Waals surface area contributed by atoms with Crippen LogP contribution in [0.5, 0.6) is 11.6 Å². The first kappa shape index (κ1) is 17.6. The van der Waals surface area contributed by atoms with Gasteiger partial charge in [0.2, 0.25) is 15.9 Å². The largest absolute Gasteiger partial charge is 0.492 e. The first-order valence-corrected chi connectivity index (χ1v) is 9.70. The van der Waals surface area contributed by atoms with Crippen molar-refractivity contribution in [3.05, 3.63) is 42.9 Å². The van der Waals surface area contributed by atoms with E-state index in [4.69, 9.17) is 9.47 Å². The van der Waals surface area contributed by atoms with E-state index in [2.05, 4.69) is 9.97 Å². The summed E-state index contributed by atoms with van der Waals surface area (Å²) in [5.41, 5.74) is 0. The van der Waals surface area contributed by atoms with Crippen molar-refractivity contribution < 1.29 is 17.9 Å². The van der Waals surface area contributed by atoms with Gasteiger partial charge in [0.15, 0.2) is 0 Å². The molecule has 0 atom stereocenters. The molecule has 2 heterocycles. The minimum absolute atomic E-state index is 0.0646. The molecule has 8 heteroatoms. The fraction of sp³-hybridized carbons (Fsp3) is 0.412. The predicted octanol–water partition coefficient (Wildman–Crippen LogP) is 2.11. The van der Waals surface area contributed by atoms with E-state index in [-0.39, 0.29) is 11.0 Å². The van der Waals surface area contributed by atoms with Gasteiger partial charge in [0, 0.05) is 25.5 Å². The van der Waals surface area contributed by atoms with Gasteiger partial charge in [-0.05, 0) is 31.9 Å². The highest BCUT2D eigenvalue weighted by Crippen LogP contribution is 2.29. The van der Waals surface area contributed by atoms with Gasteiger partial charge in [0.1, 0.15) is 16.7 Å². The zero-order chi connectivity index (χ0) is 17.7. The molecule has 1 aliphatic rings. The number of hydrogen-bond acceptors (Lipinski definition) is 6. The fourth-order valence-electron chi connectivity index (χ4n) is 2.78. The molecule has 0 unspecified atom stereocenters. The number of benzene rings is 1. The molecule has 0 bridgehead atoms. The Morgan fingerprint density at radius 2 is 1.96 bits per heavy atom. The molecule has 0 amide bonds. The minimum atomic E-state index is -3.59. The van der Waals surface area contributed by atoms with E-state index < -0.39 is 10.0 Å². The van der Waals surface area contributed by atoms with Gasteiger partial charge in [0.25, 0.3) is 0 Å². The molecule has 0 aliphatic carbocycles. The van der Waals surface area contributed by atoms with E-state index in [1.165, 1.54) is 4.31 Å². The fourth-order valence-corrected chi connectivity index (χ4v) is 4.39. The van der Waals surface area contributed by atoms with Crippen molar-refractivity contribution >= 4 is 10.0 Å². The molecule has 0 N–H and O–H groups in total. The number of piperidine rings is 1. The van der Waals surface area contributed by atoms with E-state index >= 15 is 0 Å². The van der Waals surface area contributed by atoms with Crippen LogP contribution in [0.15, 0.2) is 47.8 Å². The second-order valence-corrected chi connectivity index (χ2v) is 7.55. The van der Waals surface area contributed by atoms with Crippen LogP contribution in [-0.4, -0.2) is 48.5 Å². The van der Waals surface area contributed by atoms with Gasteiger partial charge < -0.3 is 9.47 Å². The summed E-state index contributed by atoms with van der Waals surface area (Å²) >= 11 is 0. The highest BCUT2D eigenvalue weighted by atomic mass is 32.2. The van der Waals surface area contributed by atoms with Crippen LogP contribution in [0.2, 0.25) is 0 Å². The van der Waals surface area contributed by atoms with E-state index in [0.29, 0.717) is 44.2 Å². The lowest BCUT2D eigenvalue weighted by Crippen LogP contribution is -2.41. The van der Waals surface area contributed by atoms with Gasteiger partial charge in [-0.1, -0.05) is 12.1 Å². The Morgan fingerprint density at radius 3 is 2.64 bits per heavy atom. The molecular formula is C17H21N3O4S. The first-order valence-electron chi connectivity index (χ1n) is 8.26. The molecule has 1 aromatic carbocycles. The molecular weight excluding hydrogens is 342 g/mol. The Morgan fingerprint density at radius 1 is 1.20 bits per heavy atom. The Bertz CT molecular complexity index is 791. The Kier molecular flexibility index (Phi) is 5.50. The van der Waals surface area contributed by atoms with Crippen molar-refractivity contribution in [1.82, 2.24) is 14.3 Å². The van der Waals surface area contributed by atoms with Crippen LogP contribution in [0, 0.1) is 0 Å². The van der Waals surface area contributed by atoms with Crippen LogP contribution in [0.4, 0.5) is 0 Å². The SMILES string of the molecule is CCOc1ccccc1S(=O)(=O)N1CCC(Oc2cnccn2)CC1. The average molecular weight is 363 g/mol. The molecule has 1 aromatic heterocycles. The van der Waals surface area contributed by atoms with Crippen molar-refractivity contribution in [2.45, 2.75) is 30.8 Å². The van der Waals surface area contributed by atoms with Crippen LogP contribution >= 0.6 is 0 Å². The van der Waals surface area contributed by atoms with Gasteiger partial charge in [0.05, 0.1) is 12.8 Å². The van der Waals surface area contributed by atoms with E-state index in [0.717, 1.165) is 0 Å². The summed E-state index contributed by atoms with van der Waals surface area (Å²) in [7, 11) is -3.59. The van der Waals surface area contributed by atoms with Crippen LogP contribution in [-0.2, 0) is 10.0 Å². The summed E-state index contributed by atoms with van der Waals surface area (Å²) in [4.78, 5) is 8.26. The summed E-state index contributed by atoms with van der Waals surface area (Å²) in [5.74, 6) is 0.855. The van der Waals surface area contributed by atoms with Crippen LogP contribution < -0.4 is 9.47 Å². The van der Waals surface area contributed by atoms with E-state index in [1.54, 1.807) is 42.9 Å². The number of nitrogens with zero attached hydrogens (tertiary/aromatic N) is 3. The number of sulfonamides is 1. The topological polar surface area (TPSA) is 81.6 Å². The summed E-state index contributed by atoms with van der Waals surface area (Å²) in [5, 5.41) is 0. The predicted molar refractivity (Wildman–Crippen MR) is 92.1 cm³/mol. The maximum Gasteiger partial charge on any atom is 0.246 e. The van der Waals surface area contributed by atoms with Crippen molar-refractivity contribution in [3.8, 4) is 11.6 Å². The molecule has 2 aromatic rings. The second-order valence-electron chi connectivity index (χ2n) is 5.64. The van der Waals surface area contributed by atoms with Crippen LogP contribution in [0.1, 0.15) is 19.8 Å². The van der Waals surface area contributed by atoms with Crippen molar-refractivity contribution in [1.29, 1.82) is 0 Å². The third-order valence-corrected chi connectivity index (χ3v) is 5.93. The molecule has 0 spiro atoms. The monoisotopic (exact) mass is 363 g/mol. The van der Waals surface area contributed by atoms with Crippen molar-refractivity contribution in [2.24, 2.45) is 0 Å². The number of hydrogen-bond donors (Lipinski definition) is 0. The molecule has 1 aliphatic heterocycles. The highest BCUT2D eigenvalue weighted by molar-refractivity contribution is 7.89. The lowest BCUT2D eigenvalue weighted by molar-refractivity contribution is 0.129. The Balaban J connectivity index is 1.68. The minimum Gasteiger partial charge on any atom is -0.492 e. The lowest BCUT2D eigenvalue weighted by atomic mass is 10.1. The van der Waals surface area contributed by atoms with Gasteiger partial charge >= 0.3 is 0 Å².